The van der Waals surface area contributed by atoms with Gasteiger partial charge in [0.05, 0.1) is 18.1 Å². The van der Waals surface area contributed by atoms with Gasteiger partial charge in [-0.05, 0) is 41.1 Å². The molecule has 0 atom stereocenters. The zero-order valence-corrected chi connectivity index (χ0v) is 12.1. The summed E-state index contributed by atoms with van der Waals surface area (Å²) in [7, 11) is 1.66. The Morgan fingerprint density at radius 2 is 2.28 bits per heavy atom. The zero-order chi connectivity index (χ0) is 13.0. The third kappa shape index (κ3) is 2.85. The summed E-state index contributed by atoms with van der Waals surface area (Å²) in [6, 6.07) is 5.92. The Morgan fingerprint density at radius 3 is 2.94 bits per heavy atom. The number of ether oxygens (including phenoxy) is 1. The van der Waals surface area contributed by atoms with Crippen molar-refractivity contribution in [1.82, 2.24) is 9.55 Å². The fraction of sp³-hybridized carbons (Fsp3) is 0.308. The number of imidazole rings is 1. The van der Waals surface area contributed by atoms with E-state index in [-0.39, 0.29) is 0 Å². The standard InChI is InChI=1S/C13H16BrN3O/c1-3-17-7-6-15-13(17)9-16-10-4-5-12(18-2)11(14)8-10/h4-8,16H,3,9H2,1-2H3. The molecule has 4 nitrogen and oxygen atoms in total. The van der Waals surface area contributed by atoms with E-state index in [1.807, 2.05) is 30.6 Å². The lowest BCUT2D eigenvalue weighted by Gasteiger charge is -2.10. The minimum absolute atomic E-state index is 0.708. The predicted octanol–water partition coefficient (Wildman–Crippen LogP) is 3.29. The van der Waals surface area contributed by atoms with E-state index < -0.39 is 0 Å². The highest BCUT2D eigenvalue weighted by molar-refractivity contribution is 9.10. The normalized spacial score (nSPS) is 10.4. The molecule has 18 heavy (non-hydrogen) atoms. The first kappa shape index (κ1) is 13.0. The third-order valence-corrected chi connectivity index (χ3v) is 3.36. The number of nitrogens with one attached hydrogen (secondary N) is 1. The largest absolute Gasteiger partial charge is 0.496 e. The molecule has 1 aromatic heterocycles. The second-order valence-electron chi connectivity index (χ2n) is 3.83. The molecular formula is C13H16BrN3O. The summed E-state index contributed by atoms with van der Waals surface area (Å²) in [6.45, 7) is 3.75. The van der Waals surface area contributed by atoms with Crippen LogP contribution in [0.1, 0.15) is 12.7 Å². The molecule has 5 heteroatoms. The van der Waals surface area contributed by atoms with Crippen LogP contribution in [0.3, 0.4) is 0 Å². The Bertz CT molecular complexity index is 525. The Hall–Kier alpha value is -1.49. The molecule has 0 unspecified atom stereocenters. The van der Waals surface area contributed by atoms with Crippen LogP contribution in [-0.2, 0) is 13.1 Å². The van der Waals surface area contributed by atoms with Crippen LogP contribution in [0, 0.1) is 0 Å². The van der Waals surface area contributed by atoms with Crippen molar-refractivity contribution in [2.24, 2.45) is 0 Å². The number of halogens is 1. The van der Waals surface area contributed by atoms with Gasteiger partial charge in [0.25, 0.3) is 0 Å². The number of benzene rings is 1. The average molecular weight is 310 g/mol. The summed E-state index contributed by atoms with van der Waals surface area (Å²) in [5, 5.41) is 3.35. The van der Waals surface area contributed by atoms with Gasteiger partial charge in [0, 0.05) is 24.6 Å². The number of aryl methyl sites for hydroxylation is 1. The number of aromatic nitrogens is 2. The van der Waals surface area contributed by atoms with Crippen LogP contribution in [0.5, 0.6) is 5.75 Å². The summed E-state index contributed by atoms with van der Waals surface area (Å²) in [5.74, 6) is 1.86. The summed E-state index contributed by atoms with van der Waals surface area (Å²) < 4.78 is 8.25. The number of rotatable bonds is 5. The molecule has 96 valence electrons. The summed E-state index contributed by atoms with van der Waals surface area (Å²) in [4.78, 5) is 4.32. The maximum Gasteiger partial charge on any atom is 0.133 e. The van der Waals surface area contributed by atoms with Gasteiger partial charge in [-0.3, -0.25) is 0 Å². The van der Waals surface area contributed by atoms with Gasteiger partial charge in [-0.15, -0.1) is 0 Å². The van der Waals surface area contributed by atoms with E-state index in [9.17, 15) is 0 Å². The molecular weight excluding hydrogens is 294 g/mol. The van der Waals surface area contributed by atoms with Crippen LogP contribution in [-0.4, -0.2) is 16.7 Å². The Morgan fingerprint density at radius 1 is 1.44 bits per heavy atom. The fourth-order valence-electron chi connectivity index (χ4n) is 1.75. The Labute approximate surface area is 115 Å². The quantitative estimate of drug-likeness (QED) is 0.921. The van der Waals surface area contributed by atoms with Crippen molar-refractivity contribution in [1.29, 1.82) is 0 Å². The van der Waals surface area contributed by atoms with Gasteiger partial charge >= 0.3 is 0 Å². The predicted molar refractivity (Wildman–Crippen MR) is 75.9 cm³/mol. The van der Waals surface area contributed by atoms with E-state index in [1.165, 1.54) is 0 Å². The Kier molecular flexibility index (Phi) is 4.25. The van der Waals surface area contributed by atoms with Crippen molar-refractivity contribution < 1.29 is 4.74 Å². The van der Waals surface area contributed by atoms with Gasteiger partial charge in [0.1, 0.15) is 11.6 Å². The molecule has 0 aliphatic heterocycles. The molecule has 2 aromatic rings. The first-order valence-electron chi connectivity index (χ1n) is 5.82. The number of anilines is 1. The van der Waals surface area contributed by atoms with Crippen molar-refractivity contribution >= 4 is 21.6 Å². The van der Waals surface area contributed by atoms with Crippen molar-refractivity contribution in [2.75, 3.05) is 12.4 Å². The minimum atomic E-state index is 0.708. The lowest BCUT2D eigenvalue weighted by atomic mass is 10.3. The van der Waals surface area contributed by atoms with Gasteiger partial charge in [0.2, 0.25) is 0 Å². The summed E-state index contributed by atoms with van der Waals surface area (Å²) in [5.41, 5.74) is 1.04. The van der Waals surface area contributed by atoms with Crippen LogP contribution < -0.4 is 10.1 Å². The molecule has 0 saturated carbocycles. The van der Waals surface area contributed by atoms with Gasteiger partial charge < -0.3 is 14.6 Å². The molecule has 2 rings (SSSR count). The molecule has 1 aromatic carbocycles. The summed E-state index contributed by atoms with van der Waals surface area (Å²) in [6.07, 6.45) is 3.81. The van der Waals surface area contributed by atoms with E-state index in [0.29, 0.717) is 6.54 Å². The summed E-state index contributed by atoms with van der Waals surface area (Å²) >= 11 is 3.47. The highest BCUT2D eigenvalue weighted by Gasteiger charge is 2.03. The monoisotopic (exact) mass is 309 g/mol. The van der Waals surface area contributed by atoms with Crippen LogP contribution in [0.25, 0.3) is 0 Å². The number of nitrogens with zero attached hydrogens (tertiary/aromatic N) is 2. The third-order valence-electron chi connectivity index (χ3n) is 2.74. The van der Waals surface area contributed by atoms with Crippen LogP contribution in [0.4, 0.5) is 5.69 Å². The van der Waals surface area contributed by atoms with Gasteiger partial charge in [-0.2, -0.15) is 0 Å². The molecule has 0 spiro atoms. The maximum atomic E-state index is 5.20. The van der Waals surface area contributed by atoms with Crippen molar-refractivity contribution in [2.45, 2.75) is 20.0 Å². The van der Waals surface area contributed by atoms with Gasteiger partial charge in [-0.25, -0.2) is 4.98 Å². The lowest BCUT2D eigenvalue weighted by molar-refractivity contribution is 0.412. The van der Waals surface area contributed by atoms with E-state index in [1.54, 1.807) is 7.11 Å². The molecule has 0 aliphatic rings. The zero-order valence-electron chi connectivity index (χ0n) is 10.5. The molecule has 0 bridgehead atoms. The molecule has 0 amide bonds. The first-order chi connectivity index (χ1) is 8.74. The van der Waals surface area contributed by atoms with Gasteiger partial charge in [-0.1, -0.05) is 0 Å². The SMILES string of the molecule is CCn1ccnc1CNc1ccc(OC)c(Br)c1. The number of hydrogen-bond acceptors (Lipinski definition) is 3. The van der Waals surface area contributed by atoms with E-state index >= 15 is 0 Å². The van der Waals surface area contributed by atoms with Crippen molar-refractivity contribution in [3.8, 4) is 5.75 Å². The molecule has 1 N–H and O–H groups in total. The smallest absolute Gasteiger partial charge is 0.133 e. The molecule has 0 aliphatic carbocycles. The van der Waals surface area contributed by atoms with Crippen LogP contribution in [0.15, 0.2) is 35.1 Å². The first-order valence-corrected chi connectivity index (χ1v) is 6.61. The molecule has 0 saturated heterocycles. The highest BCUT2D eigenvalue weighted by atomic mass is 79.9. The topological polar surface area (TPSA) is 39.1 Å². The molecule has 0 radical (unpaired) electrons. The second kappa shape index (κ2) is 5.91. The highest BCUT2D eigenvalue weighted by Crippen LogP contribution is 2.27. The van der Waals surface area contributed by atoms with E-state index in [0.717, 1.165) is 28.3 Å². The van der Waals surface area contributed by atoms with Crippen molar-refractivity contribution in [3.05, 3.63) is 40.9 Å². The average Bonchev–Trinajstić information content (AvgIpc) is 2.84. The van der Waals surface area contributed by atoms with Gasteiger partial charge in [0.15, 0.2) is 0 Å². The second-order valence-corrected chi connectivity index (χ2v) is 4.69. The lowest BCUT2D eigenvalue weighted by Crippen LogP contribution is -2.07. The maximum absolute atomic E-state index is 5.20. The van der Waals surface area contributed by atoms with Crippen LogP contribution >= 0.6 is 15.9 Å². The van der Waals surface area contributed by atoms with Crippen molar-refractivity contribution in [3.63, 3.8) is 0 Å². The molecule has 0 fully saturated rings. The van der Waals surface area contributed by atoms with E-state index in [4.69, 9.17) is 4.74 Å². The molecule has 1 heterocycles. The number of methoxy groups -OCH3 is 1. The number of hydrogen-bond donors (Lipinski definition) is 1. The Balaban J connectivity index is 2.04. The fourth-order valence-corrected chi connectivity index (χ4v) is 2.29. The van der Waals surface area contributed by atoms with Crippen LogP contribution in [0.2, 0.25) is 0 Å². The van der Waals surface area contributed by atoms with E-state index in [2.05, 4.69) is 37.7 Å². The minimum Gasteiger partial charge on any atom is -0.496 e.